The molecular weight excluding hydrogens is 640 g/mol. The van der Waals surface area contributed by atoms with Gasteiger partial charge in [0.2, 0.25) is 0 Å². The van der Waals surface area contributed by atoms with Crippen LogP contribution < -0.4 is 26.3 Å². The Morgan fingerprint density at radius 3 is 1.98 bits per heavy atom. The van der Waals surface area contributed by atoms with Crippen LogP contribution in [0.25, 0.3) is 0 Å². The number of hydrogen-bond acceptors (Lipinski definition) is 11. The zero-order chi connectivity index (χ0) is 34.5. The van der Waals surface area contributed by atoms with Gasteiger partial charge in [-0.1, -0.05) is 35.9 Å². The summed E-state index contributed by atoms with van der Waals surface area (Å²) in [5.74, 6) is -0.168. The zero-order valence-corrected chi connectivity index (χ0v) is 28.2. The number of nitrogen functional groups attached to an aromatic ring is 2. The van der Waals surface area contributed by atoms with Crippen LogP contribution in [-0.4, -0.2) is 92.0 Å². The van der Waals surface area contributed by atoms with Gasteiger partial charge in [0.05, 0.1) is 46.4 Å². The third-order valence-corrected chi connectivity index (χ3v) is 8.69. The van der Waals surface area contributed by atoms with Gasteiger partial charge in [0.15, 0.2) is 35.7 Å². The van der Waals surface area contributed by atoms with Crippen LogP contribution in [-0.2, 0) is 31.9 Å². The number of anilines is 2. The summed E-state index contributed by atoms with van der Waals surface area (Å²) < 4.78 is 21.3. The number of carbonyl (C=O) groups is 3. The van der Waals surface area contributed by atoms with Crippen molar-refractivity contribution in [3.05, 3.63) is 70.5 Å². The zero-order valence-electron chi connectivity index (χ0n) is 27.4. The molecule has 1 aromatic heterocycles. The first-order valence-electron chi connectivity index (χ1n) is 15.9. The second-order valence-electron chi connectivity index (χ2n) is 11.9. The predicted octanol–water partition coefficient (Wildman–Crippen LogP) is 3.37. The van der Waals surface area contributed by atoms with E-state index in [0.29, 0.717) is 11.5 Å². The largest absolute Gasteiger partial charge is 0.482 e. The molecule has 3 aromatic rings. The van der Waals surface area contributed by atoms with E-state index in [9.17, 15) is 14.4 Å². The smallest absolute Gasteiger partial charge is 0.343 e. The molecule has 13 nitrogen and oxygen atoms in total. The van der Waals surface area contributed by atoms with E-state index in [1.165, 1.54) is 14.2 Å². The fourth-order valence-electron chi connectivity index (χ4n) is 6.04. The van der Waals surface area contributed by atoms with E-state index in [1.807, 2.05) is 48.5 Å². The maximum absolute atomic E-state index is 13.2. The average molecular weight is 684 g/mol. The van der Waals surface area contributed by atoms with Crippen molar-refractivity contribution in [1.29, 1.82) is 0 Å². The molecule has 2 aromatic carbocycles. The van der Waals surface area contributed by atoms with Crippen LogP contribution in [0.5, 0.6) is 11.5 Å². The topological polar surface area (TPSA) is 178 Å². The summed E-state index contributed by atoms with van der Waals surface area (Å²) >= 11 is 6.03. The first-order chi connectivity index (χ1) is 23.1. The van der Waals surface area contributed by atoms with Gasteiger partial charge in [-0.3, -0.25) is 4.79 Å². The van der Waals surface area contributed by atoms with Gasteiger partial charge in [-0.2, -0.15) is 0 Å². The van der Waals surface area contributed by atoms with Gasteiger partial charge in [-0.25, -0.2) is 19.6 Å². The normalized spacial score (nSPS) is 15.3. The number of rotatable bonds is 16. The lowest BCUT2D eigenvalue weighted by Gasteiger charge is -2.45. The van der Waals surface area contributed by atoms with E-state index in [-0.39, 0.29) is 41.7 Å². The molecule has 1 aliphatic heterocycles. The van der Waals surface area contributed by atoms with Gasteiger partial charge in [-0.05, 0) is 61.1 Å². The maximum Gasteiger partial charge on any atom is 0.343 e. The summed E-state index contributed by atoms with van der Waals surface area (Å²) in [5, 5.41) is 3.05. The van der Waals surface area contributed by atoms with Crippen molar-refractivity contribution in [1.82, 2.24) is 15.3 Å². The number of aryl methyl sites for hydroxylation is 2. The number of nitrogens with two attached hydrogens (primary N) is 2. The van der Waals surface area contributed by atoms with Crippen molar-refractivity contribution < 1.29 is 37.8 Å². The Balaban J connectivity index is 1.43. The number of esters is 2. The van der Waals surface area contributed by atoms with Crippen LogP contribution in [0, 0.1) is 0 Å². The van der Waals surface area contributed by atoms with E-state index in [2.05, 4.69) is 24.8 Å². The fraction of sp³-hybridized carbons (Fsp3) is 0.441. The van der Waals surface area contributed by atoms with Crippen molar-refractivity contribution in [2.24, 2.45) is 0 Å². The van der Waals surface area contributed by atoms with Crippen LogP contribution in [0.1, 0.15) is 47.3 Å². The monoisotopic (exact) mass is 683 g/mol. The molecule has 0 unspecified atom stereocenters. The molecule has 1 amide bonds. The quantitative estimate of drug-likeness (QED) is 0.149. The van der Waals surface area contributed by atoms with E-state index in [1.54, 1.807) is 0 Å². The molecule has 1 fully saturated rings. The molecule has 0 spiro atoms. The number of amides is 1. The summed E-state index contributed by atoms with van der Waals surface area (Å²) in [4.78, 5) is 44.3. The molecule has 0 bridgehead atoms. The lowest BCUT2D eigenvalue weighted by molar-refractivity contribution is -0.933. The Bertz CT molecular complexity index is 1500. The van der Waals surface area contributed by atoms with Gasteiger partial charge >= 0.3 is 11.9 Å². The summed E-state index contributed by atoms with van der Waals surface area (Å²) in [6.45, 7) is 3.23. The van der Waals surface area contributed by atoms with Crippen LogP contribution >= 0.6 is 11.6 Å². The molecule has 258 valence electrons. The van der Waals surface area contributed by atoms with E-state index < -0.39 is 17.8 Å². The summed E-state index contributed by atoms with van der Waals surface area (Å²) in [6, 6.07) is 15.4. The number of carbonyl (C=O) groups excluding carboxylic acids is 3. The lowest BCUT2D eigenvalue weighted by Crippen LogP contribution is -2.60. The SMILES string of the molecule is COC(=O)COc1cccc(CCC[N+]2(CCCc3cccc(OCC(=O)OC)c3)CCC[C@H](NC(=O)c3nc(Cl)c(N)nc3N)C2)c1. The predicted molar refractivity (Wildman–Crippen MR) is 181 cm³/mol. The van der Waals surface area contributed by atoms with Crippen LogP contribution in [0.4, 0.5) is 11.6 Å². The van der Waals surface area contributed by atoms with Crippen molar-refractivity contribution in [3.63, 3.8) is 0 Å². The van der Waals surface area contributed by atoms with Crippen LogP contribution in [0.3, 0.4) is 0 Å². The van der Waals surface area contributed by atoms with Gasteiger partial charge < -0.3 is 40.2 Å². The van der Waals surface area contributed by atoms with Gasteiger partial charge in [-0.15, -0.1) is 0 Å². The van der Waals surface area contributed by atoms with Crippen LogP contribution in [0.15, 0.2) is 48.5 Å². The number of likely N-dealkylation sites (tertiary alicyclic amines) is 1. The molecule has 2 heterocycles. The number of benzene rings is 2. The van der Waals surface area contributed by atoms with Gasteiger partial charge in [0.25, 0.3) is 5.91 Å². The number of quaternary nitrogens is 1. The third-order valence-electron chi connectivity index (χ3n) is 8.41. The molecule has 1 atom stereocenters. The molecule has 48 heavy (non-hydrogen) atoms. The van der Waals surface area contributed by atoms with E-state index in [4.69, 9.17) is 32.5 Å². The maximum atomic E-state index is 13.2. The first-order valence-corrected chi connectivity index (χ1v) is 16.3. The molecular formula is C34H44ClN6O7+. The highest BCUT2D eigenvalue weighted by atomic mass is 35.5. The summed E-state index contributed by atoms with van der Waals surface area (Å²) in [5.41, 5.74) is 13.8. The van der Waals surface area contributed by atoms with E-state index >= 15 is 0 Å². The highest BCUT2D eigenvalue weighted by Crippen LogP contribution is 2.25. The molecule has 0 radical (unpaired) electrons. The third kappa shape index (κ3) is 10.7. The minimum atomic E-state index is -0.437. The standard InChI is InChI=1S/C34H43ClN6O7/c1-45-28(42)21-47-26-13-3-8-23(18-26)10-5-15-41(16-6-11-24-9-4-14-27(19-24)48-22-29(43)46-2)17-7-12-25(20-41)38-34(44)30-32(36)40-33(37)31(35)39-30/h3-4,8-9,13-14,18-19,25H,5-7,10-12,15-17,20-22H2,1-2H3,(H4-,36,37,38,40,44)/p+1/t25-/m0/s1. The van der Waals surface area contributed by atoms with Crippen molar-refractivity contribution >= 4 is 41.1 Å². The number of methoxy groups -OCH3 is 2. The number of ether oxygens (including phenoxy) is 4. The number of hydrogen-bond donors (Lipinski definition) is 3. The summed E-state index contributed by atoms with van der Waals surface area (Å²) in [7, 11) is 2.65. The number of piperidine rings is 1. The molecule has 1 aliphatic rings. The number of halogens is 1. The Labute approximate surface area is 285 Å². The minimum absolute atomic E-state index is 0.0276. The van der Waals surface area contributed by atoms with Crippen LogP contribution in [0.2, 0.25) is 5.15 Å². The second-order valence-corrected chi connectivity index (χ2v) is 12.2. The van der Waals surface area contributed by atoms with Crippen molar-refractivity contribution in [2.45, 2.75) is 44.6 Å². The van der Waals surface area contributed by atoms with Gasteiger partial charge in [0.1, 0.15) is 11.5 Å². The molecule has 0 aliphatic carbocycles. The highest BCUT2D eigenvalue weighted by molar-refractivity contribution is 6.31. The Hall–Kier alpha value is -4.62. The molecule has 5 N–H and O–H groups in total. The summed E-state index contributed by atoms with van der Waals surface area (Å²) in [6.07, 6.45) is 5.21. The Kier molecular flexibility index (Phi) is 13.2. The Morgan fingerprint density at radius 1 is 0.875 bits per heavy atom. The van der Waals surface area contributed by atoms with Gasteiger partial charge in [0, 0.05) is 12.8 Å². The fourth-order valence-corrected chi connectivity index (χ4v) is 6.17. The number of nitrogens with one attached hydrogen (secondary N) is 1. The average Bonchev–Trinajstić information content (AvgIpc) is 3.08. The highest BCUT2D eigenvalue weighted by Gasteiger charge is 2.35. The number of nitrogens with zero attached hydrogens (tertiary/aromatic N) is 3. The lowest BCUT2D eigenvalue weighted by atomic mass is 9.99. The molecule has 4 rings (SSSR count). The molecule has 1 saturated heterocycles. The molecule has 0 saturated carbocycles. The minimum Gasteiger partial charge on any atom is -0.482 e. The van der Waals surface area contributed by atoms with Crippen molar-refractivity contribution in [3.8, 4) is 11.5 Å². The second kappa shape index (κ2) is 17.5. The number of aromatic nitrogens is 2. The van der Waals surface area contributed by atoms with E-state index in [0.717, 1.165) is 80.3 Å². The van der Waals surface area contributed by atoms with Crippen molar-refractivity contribution in [2.75, 3.05) is 65.1 Å². The Morgan fingerprint density at radius 2 is 1.44 bits per heavy atom. The molecule has 14 heteroatoms. The first kappa shape index (κ1) is 36.2.